The molecule has 0 unspecified atom stereocenters. The van der Waals surface area contributed by atoms with Gasteiger partial charge in [-0.15, -0.1) is 0 Å². The zero-order chi connectivity index (χ0) is 18.6. The van der Waals surface area contributed by atoms with E-state index in [1.54, 1.807) is 32.6 Å². The predicted octanol–water partition coefficient (Wildman–Crippen LogP) is 2.88. The summed E-state index contributed by atoms with van der Waals surface area (Å²) < 4.78 is 5.01. The molecular formula is C18H28N2O4. The number of ether oxygens (including phenoxy) is 1. The first kappa shape index (κ1) is 19.9. The van der Waals surface area contributed by atoms with Crippen molar-refractivity contribution in [3.05, 3.63) is 22.5 Å². The molecule has 0 aliphatic rings. The van der Waals surface area contributed by atoms with E-state index in [1.807, 2.05) is 20.8 Å². The predicted molar refractivity (Wildman–Crippen MR) is 92.2 cm³/mol. The van der Waals surface area contributed by atoms with Gasteiger partial charge in [-0.05, 0) is 40.2 Å². The van der Waals surface area contributed by atoms with Crippen LogP contribution in [-0.4, -0.2) is 46.7 Å². The van der Waals surface area contributed by atoms with Crippen molar-refractivity contribution in [2.75, 3.05) is 13.2 Å². The minimum Gasteiger partial charge on any atom is -0.461 e. The highest BCUT2D eigenvalue weighted by atomic mass is 16.5. The number of nitrogens with one attached hydrogen (secondary N) is 1. The third-order valence-electron chi connectivity index (χ3n) is 4.13. The lowest BCUT2D eigenvalue weighted by Crippen LogP contribution is -2.45. The van der Waals surface area contributed by atoms with Crippen molar-refractivity contribution in [3.8, 4) is 0 Å². The number of hydrogen-bond acceptors (Lipinski definition) is 4. The smallest absolute Gasteiger partial charge is 0.355 e. The van der Waals surface area contributed by atoms with Gasteiger partial charge in [0.2, 0.25) is 5.91 Å². The fourth-order valence-corrected chi connectivity index (χ4v) is 2.83. The largest absolute Gasteiger partial charge is 0.461 e. The number of H-pyrrole nitrogens is 1. The highest BCUT2D eigenvalue weighted by Gasteiger charge is 2.31. The monoisotopic (exact) mass is 336 g/mol. The summed E-state index contributed by atoms with van der Waals surface area (Å²) in [5.41, 5.74) is 1.93. The van der Waals surface area contributed by atoms with Crippen LogP contribution in [0.25, 0.3) is 0 Å². The van der Waals surface area contributed by atoms with Crippen molar-refractivity contribution in [3.63, 3.8) is 0 Å². The number of esters is 1. The molecule has 0 spiro atoms. The first-order valence-corrected chi connectivity index (χ1v) is 8.38. The average Bonchev–Trinajstić information content (AvgIpc) is 2.82. The third kappa shape index (κ3) is 3.86. The maximum atomic E-state index is 12.9. The van der Waals surface area contributed by atoms with E-state index in [0.29, 0.717) is 29.1 Å². The van der Waals surface area contributed by atoms with Gasteiger partial charge in [0.25, 0.3) is 0 Å². The summed E-state index contributed by atoms with van der Waals surface area (Å²) in [6.07, 6.45) is 0. The van der Waals surface area contributed by atoms with Gasteiger partial charge in [-0.25, -0.2) is 4.79 Å². The number of ketones is 1. The molecule has 134 valence electrons. The molecule has 0 radical (unpaired) electrons. The minimum absolute atomic E-state index is 0.0604. The first-order chi connectivity index (χ1) is 11.2. The third-order valence-corrected chi connectivity index (χ3v) is 4.13. The Morgan fingerprint density at radius 1 is 1.12 bits per heavy atom. The molecule has 1 aromatic rings. The van der Waals surface area contributed by atoms with E-state index < -0.39 is 12.0 Å². The Kier molecular flexibility index (Phi) is 6.75. The van der Waals surface area contributed by atoms with Gasteiger partial charge in [0.1, 0.15) is 5.69 Å². The Balaban J connectivity index is 3.19. The number of rotatable bonds is 7. The lowest BCUT2D eigenvalue weighted by Gasteiger charge is -2.29. The Hall–Kier alpha value is -2.11. The van der Waals surface area contributed by atoms with Crippen LogP contribution in [0.5, 0.6) is 0 Å². The van der Waals surface area contributed by atoms with Crippen LogP contribution in [0.2, 0.25) is 0 Å². The Morgan fingerprint density at radius 3 is 2.17 bits per heavy atom. The molecule has 1 N–H and O–H groups in total. The summed E-state index contributed by atoms with van der Waals surface area (Å²) in [6, 6.07) is -0.590. The Morgan fingerprint density at radius 2 is 1.71 bits per heavy atom. The zero-order valence-electron chi connectivity index (χ0n) is 15.6. The maximum Gasteiger partial charge on any atom is 0.355 e. The van der Waals surface area contributed by atoms with E-state index in [9.17, 15) is 14.4 Å². The number of aromatic nitrogens is 1. The highest BCUT2D eigenvalue weighted by molar-refractivity contribution is 6.06. The van der Waals surface area contributed by atoms with Crippen LogP contribution < -0.4 is 0 Å². The Bertz CT molecular complexity index is 631. The summed E-state index contributed by atoms with van der Waals surface area (Å²) >= 11 is 0. The van der Waals surface area contributed by atoms with Crippen molar-refractivity contribution in [2.24, 2.45) is 5.92 Å². The molecule has 6 heteroatoms. The van der Waals surface area contributed by atoms with Crippen LogP contribution in [0.15, 0.2) is 0 Å². The van der Waals surface area contributed by atoms with E-state index in [2.05, 4.69) is 4.98 Å². The molecule has 1 aromatic heterocycles. The second-order valence-electron chi connectivity index (χ2n) is 6.16. The molecule has 0 bridgehead atoms. The fraction of sp³-hybridized carbons (Fsp3) is 0.611. The van der Waals surface area contributed by atoms with Crippen LogP contribution >= 0.6 is 0 Å². The first-order valence-electron chi connectivity index (χ1n) is 8.38. The molecule has 1 rings (SSSR count). The summed E-state index contributed by atoms with van der Waals surface area (Å²) in [4.78, 5) is 41.8. The molecular weight excluding hydrogens is 308 g/mol. The summed E-state index contributed by atoms with van der Waals surface area (Å²) in [5, 5.41) is 0. The molecule has 1 atom stereocenters. The van der Waals surface area contributed by atoms with Crippen molar-refractivity contribution in [2.45, 2.75) is 54.5 Å². The number of carbonyl (C=O) groups excluding carboxylic acids is 3. The number of Topliss-reactive ketones (excluding diaryl/α,β-unsaturated/α-hetero) is 1. The van der Waals surface area contributed by atoms with Crippen LogP contribution in [0.3, 0.4) is 0 Å². The van der Waals surface area contributed by atoms with Gasteiger partial charge in [-0.1, -0.05) is 13.8 Å². The van der Waals surface area contributed by atoms with E-state index in [1.165, 1.54) is 0 Å². The molecule has 0 aromatic carbocycles. The van der Waals surface area contributed by atoms with Crippen LogP contribution in [0.1, 0.15) is 66.7 Å². The number of likely N-dealkylation sites (N-methyl/N-ethyl adjacent to an activating group) is 1. The molecule has 24 heavy (non-hydrogen) atoms. The normalized spacial score (nSPS) is 12.2. The van der Waals surface area contributed by atoms with Crippen molar-refractivity contribution in [1.29, 1.82) is 0 Å². The fourth-order valence-electron chi connectivity index (χ4n) is 2.83. The van der Waals surface area contributed by atoms with Gasteiger partial charge in [-0.3, -0.25) is 9.59 Å². The number of hydrogen-bond donors (Lipinski definition) is 1. The van der Waals surface area contributed by atoms with Gasteiger partial charge in [0.05, 0.1) is 12.6 Å². The zero-order valence-corrected chi connectivity index (χ0v) is 15.6. The van der Waals surface area contributed by atoms with Crippen LogP contribution in [0.4, 0.5) is 0 Å². The molecule has 0 aliphatic carbocycles. The molecule has 6 nitrogen and oxygen atoms in total. The molecule has 0 saturated heterocycles. The minimum atomic E-state index is -0.590. The second kappa shape index (κ2) is 8.13. The standard InChI is InChI=1S/C18H28N2O4/c1-8-20(17(22)10(3)4)13(7)16(21)14-11(5)15(19-12(14)6)18(23)24-9-2/h10,13,19H,8-9H2,1-7H3/t13-/m0/s1. The van der Waals surface area contributed by atoms with Gasteiger partial charge in [0.15, 0.2) is 5.78 Å². The molecule has 1 amide bonds. The van der Waals surface area contributed by atoms with Gasteiger partial charge in [0, 0.05) is 23.7 Å². The van der Waals surface area contributed by atoms with Gasteiger partial charge >= 0.3 is 5.97 Å². The number of nitrogens with zero attached hydrogens (tertiary/aromatic N) is 1. The topological polar surface area (TPSA) is 79.5 Å². The number of amides is 1. The lowest BCUT2D eigenvalue weighted by atomic mass is 9.99. The molecule has 1 heterocycles. The SMILES string of the molecule is CCOC(=O)c1[nH]c(C)c(C(=O)[C@H](C)N(CC)C(=O)C(C)C)c1C. The van der Waals surface area contributed by atoms with E-state index >= 15 is 0 Å². The van der Waals surface area contributed by atoms with Crippen LogP contribution in [0, 0.1) is 19.8 Å². The number of aromatic amines is 1. The summed E-state index contributed by atoms with van der Waals surface area (Å²) in [7, 11) is 0. The van der Waals surface area contributed by atoms with Crippen LogP contribution in [-0.2, 0) is 9.53 Å². The Labute approximate surface area is 143 Å². The van der Waals surface area contributed by atoms with E-state index in [0.717, 1.165) is 0 Å². The van der Waals surface area contributed by atoms with Gasteiger partial charge in [-0.2, -0.15) is 0 Å². The van der Waals surface area contributed by atoms with Crippen molar-refractivity contribution in [1.82, 2.24) is 9.88 Å². The summed E-state index contributed by atoms with van der Waals surface area (Å²) in [5.74, 6) is -0.887. The van der Waals surface area contributed by atoms with E-state index in [4.69, 9.17) is 4.74 Å². The van der Waals surface area contributed by atoms with Crippen molar-refractivity contribution < 1.29 is 19.1 Å². The molecule has 0 fully saturated rings. The summed E-state index contributed by atoms with van der Waals surface area (Å²) in [6.45, 7) is 13.1. The number of aryl methyl sites for hydroxylation is 1. The second-order valence-corrected chi connectivity index (χ2v) is 6.16. The molecule has 0 saturated carbocycles. The lowest BCUT2D eigenvalue weighted by molar-refractivity contribution is -0.135. The maximum absolute atomic E-state index is 12.9. The van der Waals surface area contributed by atoms with Gasteiger partial charge < -0.3 is 14.6 Å². The quantitative estimate of drug-likeness (QED) is 0.613. The van der Waals surface area contributed by atoms with E-state index in [-0.39, 0.29) is 24.2 Å². The number of carbonyl (C=O) groups is 3. The highest BCUT2D eigenvalue weighted by Crippen LogP contribution is 2.22. The van der Waals surface area contributed by atoms with Crippen molar-refractivity contribution >= 4 is 17.7 Å². The molecule has 0 aliphatic heterocycles. The average molecular weight is 336 g/mol.